The molecule has 0 spiro atoms. The van der Waals surface area contributed by atoms with Gasteiger partial charge in [-0.15, -0.1) is 0 Å². The number of nitrogens with two attached hydrogens (primary N) is 1. The molecule has 0 heterocycles. The molecule has 2 aliphatic rings. The SMILES string of the molecule is CCC1(C(=O)NC2(CN)CCCC(C)C2)CCCC1. The summed E-state index contributed by atoms with van der Waals surface area (Å²) < 4.78 is 0. The van der Waals surface area contributed by atoms with Crippen LogP contribution >= 0.6 is 0 Å². The van der Waals surface area contributed by atoms with Gasteiger partial charge >= 0.3 is 0 Å². The molecule has 2 unspecified atom stereocenters. The lowest BCUT2D eigenvalue weighted by Crippen LogP contribution is -2.58. The first kappa shape index (κ1) is 14.8. The van der Waals surface area contributed by atoms with Crippen molar-refractivity contribution >= 4 is 5.91 Å². The molecule has 3 N–H and O–H groups in total. The second-order valence-corrected chi connectivity index (χ2v) is 6.98. The molecule has 3 nitrogen and oxygen atoms in total. The van der Waals surface area contributed by atoms with Crippen molar-refractivity contribution in [3.63, 3.8) is 0 Å². The first-order valence-corrected chi connectivity index (χ1v) is 8.08. The summed E-state index contributed by atoms with van der Waals surface area (Å²) >= 11 is 0. The summed E-state index contributed by atoms with van der Waals surface area (Å²) in [6, 6.07) is 0. The number of carbonyl (C=O) groups excluding carboxylic acids is 1. The lowest BCUT2D eigenvalue weighted by Gasteiger charge is -2.42. The topological polar surface area (TPSA) is 55.1 Å². The van der Waals surface area contributed by atoms with Gasteiger partial charge in [-0.3, -0.25) is 4.79 Å². The highest BCUT2D eigenvalue weighted by atomic mass is 16.2. The minimum Gasteiger partial charge on any atom is -0.349 e. The molecule has 2 atom stereocenters. The van der Waals surface area contributed by atoms with Crippen LogP contribution in [0.4, 0.5) is 0 Å². The van der Waals surface area contributed by atoms with Crippen LogP contribution in [0.25, 0.3) is 0 Å². The zero-order valence-corrected chi connectivity index (χ0v) is 12.6. The molecule has 0 saturated heterocycles. The molecule has 110 valence electrons. The van der Waals surface area contributed by atoms with E-state index in [2.05, 4.69) is 19.2 Å². The van der Waals surface area contributed by atoms with Crippen molar-refractivity contribution in [2.75, 3.05) is 6.54 Å². The molecule has 0 aliphatic heterocycles. The molecule has 0 aromatic heterocycles. The molecule has 1 amide bonds. The lowest BCUT2D eigenvalue weighted by atomic mass is 9.74. The van der Waals surface area contributed by atoms with Gasteiger partial charge in [0.1, 0.15) is 0 Å². The van der Waals surface area contributed by atoms with E-state index >= 15 is 0 Å². The minimum absolute atomic E-state index is 0.0944. The van der Waals surface area contributed by atoms with Crippen molar-refractivity contribution in [3.8, 4) is 0 Å². The van der Waals surface area contributed by atoms with E-state index in [0.717, 1.165) is 32.1 Å². The normalized spacial score (nSPS) is 34.2. The predicted molar refractivity (Wildman–Crippen MR) is 78.8 cm³/mol. The van der Waals surface area contributed by atoms with Crippen LogP contribution in [0.1, 0.15) is 71.6 Å². The Balaban J connectivity index is 2.07. The smallest absolute Gasteiger partial charge is 0.226 e. The van der Waals surface area contributed by atoms with E-state index < -0.39 is 0 Å². The second kappa shape index (κ2) is 5.82. The summed E-state index contributed by atoms with van der Waals surface area (Å²) in [5.74, 6) is 0.964. The molecule has 2 aliphatic carbocycles. The molecule has 2 saturated carbocycles. The van der Waals surface area contributed by atoms with Gasteiger partial charge in [0.25, 0.3) is 0 Å². The Morgan fingerprint density at radius 1 is 1.26 bits per heavy atom. The number of carbonyl (C=O) groups is 1. The molecule has 0 bridgehead atoms. The maximum atomic E-state index is 12.8. The van der Waals surface area contributed by atoms with Crippen LogP contribution in [0.5, 0.6) is 0 Å². The van der Waals surface area contributed by atoms with Gasteiger partial charge in [0.15, 0.2) is 0 Å². The summed E-state index contributed by atoms with van der Waals surface area (Å²) in [5, 5.41) is 3.38. The standard InChI is InChI=1S/C16H30N2O/c1-3-15(8-4-5-9-15)14(19)18-16(12-17)10-6-7-13(2)11-16/h13H,3-12,17H2,1-2H3,(H,18,19). The summed E-state index contributed by atoms with van der Waals surface area (Å²) in [6.45, 7) is 5.02. The van der Waals surface area contributed by atoms with Crippen LogP contribution in [0.3, 0.4) is 0 Å². The van der Waals surface area contributed by atoms with E-state index in [1.165, 1.54) is 25.7 Å². The minimum atomic E-state index is -0.125. The maximum absolute atomic E-state index is 12.8. The zero-order valence-electron chi connectivity index (χ0n) is 12.6. The monoisotopic (exact) mass is 266 g/mol. The van der Waals surface area contributed by atoms with Gasteiger partial charge in [-0.1, -0.05) is 39.5 Å². The second-order valence-electron chi connectivity index (χ2n) is 6.98. The zero-order chi connectivity index (χ0) is 13.9. The Hall–Kier alpha value is -0.570. The molecular weight excluding hydrogens is 236 g/mol. The fraction of sp³-hybridized carbons (Fsp3) is 0.938. The summed E-state index contributed by atoms with van der Waals surface area (Å²) in [5.41, 5.74) is 5.80. The third kappa shape index (κ3) is 2.96. The molecule has 0 radical (unpaired) electrons. The summed E-state index contributed by atoms with van der Waals surface area (Å²) in [4.78, 5) is 12.8. The number of nitrogens with one attached hydrogen (secondary N) is 1. The Morgan fingerprint density at radius 3 is 2.47 bits per heavy atom. The van der Waals surface area contributed by atoms with Crippen molar-refractivity contribution in [2.24, 2.45) is 17.1 Å². The van der Waals surface area contributed by atoms with Crippen molar-refractivity contribution in [1.82, 2.24) is 5.32 Å². The Labute approximate surface area is 117 Å². The third-order valence-corrected chi connectivity index (χ3v) is 5.58. The average Bonchev–Trinajstić information content (AvgIpc) is 2.88. The van der Waals surface area contributed by atoms with Crippen molar-refractivity contribution in [3.05, 3.63) is 0 Å². The molecule has 3 heteroatoms. The van der Waals surface area contributed by atoms with Crippen molar-refractivity contribution in [1.29, 1.82) is 0 Å². The lowest BCUT2D eigenvalue weighted by molar-refractivity contribution is -0.133. The summed E-state index contributed by atoms with van der Waals surface area (Å²) in [6.07, 6.45) is 10.1. The van der Waals surface area contributed by atoms with Crippen molar-refractivity contribution < 1.29 is 4.79 Å². The van der Waals surface area contributed by atoms with E-state index in [4.69, 9.17) is 5.73 Å². The number of hydrogen-bond donors (Lipinski definition) is 2. The Bertz CT molecular complexity index is 323. The van der Waals surface area contributed by atoms with Crippen LogP contribution < -0.4 is 11.1 Å². The number of rotatable bonds is 4. The molecular formula is C16H30N2O. The highest BCUT2D eigenvalue weighted by Crippen LogP contribution is 2.42. The molecule has 19 heavy (non-hydrogen) atoms. The number of hydrogen-bond acceptors (Lipinski definition) is 2. The van der Waals surface area contributed by atoms with Crippen LogP contribution in [0, 0.1) is 11.3 Å². The molecule has 0 aromatic rings. The highest BCUT2D eigenvalue weighted by molar-refractivity contribution is 5.83. The molecule has 2 rings (SSSR count). The van der Waals surface area contributed by atoms with Gasteiger partial charge in [0.05, 0.1) is 5.54 Å². The van der Waals surface area contributed by atoms with E-state index in [1.54, 1.807) is 0 Å². The van der Waals surface area contributed by atoms with Gasteiger partial charge in [-0.2, -0.15) is 0 Å². The first-order valence-electron chi connectivity index (χ1n) is 8.08. The Morgan fingerprint density at radius 2 is 1.95 bits per heavy atom. The van der Waals surface area contributed by atoms with Gasteiger partial charge in [0, 0.05) is 12.0 Å². The first-order chi connectivity index (χ1) is 9.06. The van der Waals surface area contributed by atoms with E-state index in [9.17, 15) is 4.79 Å². The van der Waals surface area contributed by atoms with Gasteiger partial charge in [0.2, 0.25) is 5.91 Å². The van der Waals surface area contributed by atoms with E-state index in [-0.39, 0.29) is 16.9 Å². The largest absolute Gasteiger partial charge is 0.349 e. The van der Waals surface area contributed by atoms with Crippen LogP contribution in [-0.4, -0.2) is 18.0 Å². The quantitative estimate of drug-likeness (QED) is 0.822. The molecule has 2 fully saturated rings. The van der Waals surface area contributed by atoms with E-state index in [1.807, 2.05) is 0 Å². The van der Waals surface area contributed by atoms with E-state index in [0.29, 0.717) is 12.5 Å². The van der Waals surface area contributed by atoms with Crippen LogP contribution in [0.2, 0.25) is 0 Å². The highest BCUT2D eigenvalue weighted by Gasteiger charge is 2.43. The maximum Gasteiger partial charge on any atom is 0.226 e. The van der Waals surface area contributed by atoms with Crippen LogP contribution in [0.15, 0.2) is 0 Å². The molecule has 0 aromatic carbocycles. The van der Waals surface area contributed by atoms with Gasteiger partial charge in [-0.25, -0.2) is 0 Å². The van der Waals surface area contributed by atoms with Gasteiger partial charge in [-0.05, 0) is 38.0 Å². The average molecular weight is 266 g/mol. The third-order valence-electron chi connectivity index (χ3n) is 5.58. The fourth-order valence-corrected chi connectivity index (χ4v) is 4.18. The summed E-state index contributed by atoms with van der Waals surface area (Å²) in [7, 11) is 0. The van der Waals surface area contributed by atoms with Crippen molar-refractivity contribution in [2.45, 2.75) is 77.2 Å². The van der Waals surface area contributed by atoms with Crippen LogP contribution in [-0.2, 0) is 4.79 Å². The van der Waals surface area contributed by atoms with Gasteiger partial charge < -0.3 is 11.1 Å². The predicted octanol–water partition coefficient (Wildman–Crippen LogP) is 2.98. The number of amides is 1. The Kier molecular flexibility index (Phi) is 4.54. The fourth-order valence-electron chi connectivity index (χ4n) is 4.18.